The van der Waals surface area contributed by atoms with E-state index in [1.54, 1.807) is 11.3 Å². The van der Waals surface area contributed by atoms with Crippen LogP contribution in [0, 0.1) is 0 Å². The highest BCUT2D eigenvalue weighted by Crippen LogP contribution is 2.28. The zero-order valence-corrected chi connectivity index (χ0v) is 13.8. The van der Waals surface area contributed by atoms with Gasteiger partial charge < -0.3 is 5.32 Å². The third kappa shape index (κ3) is 3.81. The highest BCUT2D eigenvalue weighted by atomic mass is 35.5. The van der Waals surface area contributed by atoms with Crippen LogP contribution in [0.3, 0.4) is 0 Å². The number of aromatic nitrogens is 1. The molecule has 0 bridgehead atoms. The van der Waals surface area contributed by atoms with Crippen LogP contribution < -0.4 is 5.32 Å². The van der Waals surface area contributed by atoms with E-state index in [4.69, 9.17) is 16.6 Å². The van der Waals surface area contributed by atoms with E-state index < -0.39 is 0 Å². The number of halogens is 1. The summed E-state index contributed by atoms with van der Waals surface area (Å²) in [6, 6.07) is 8.00. The summed E-state index contributed by atoms with van der Waals surface area (Å²) in [4.78, 5) is 6.17. The molecule has 0 radical (unpaired) electrons. The van der Waals surface area contributed by atoms with Gasteiger partial charge >= 0.3 is 0 Å². The van der Waals surface area contributed by atoms with Crippen LogP contribution in [0.2, 0.25) is 5.02 Å². The smallest absolute Gasteiger partial charge is 0.0976 e. The van der Waals surface area contributed by atoms with Crippen molar-refractivity contribution in [2.45, 2.75) is 39.7 Å². The van der Waals surface area contributed by atoms with Crippen LogP contribution in [0.25, 0.3) is 0 Å². The second-order valence-corrected chi connectivity index (χ2v) is 6.69. The zero-order chi connectivity index (χ0) is 14.5. The summed E-state index contributed by atoms with van der Waals surface area (Å²) in [6.45, 7) is 8.41. The van der Waals surface area contributed by atoms with Gasteiger partial charge in [-0.1, -0.05) is 50.6 Å². The van der Waals surface area contributed by atoms with Crippen molar-refractivity contribution >= 4 is 22.9 Å². The van der Waals surface area contributed by atoms with Gasteiger partial charge in [-0.2, -0.15) is 0 Å². The summed E-state index contributed by atoms with van der Waals surface area (Å²) in [5.41, 5.74) is 2.37. The van der Waals surface area contributed by atoms with Crippen molar-refractivity contribution in [3.8, 4) is 0 Å². The zero-order valence-electron chi connectivity index (χ0n) is 12.2. The van der Waals surface area contributed by atoms with E-state index >= 15 is 0 Å². The topological polar surface area (TPSA) is 24.9 Å². The molecule has 0 fully saturated rings. The van der Waals surface area contributed by atoms with Crippen LogP contribution in [0.5, 0.6) is 0 Å². The molecule has 1 aromatic carbocycles. The van der Waals surface area contributed by atoms with Crippen LogP contribution in [-0.4, -0.2) is 11.5 Å². The van der Waals surface area contributed by atoms with Crippen molar-refractivity contribution < 1.29 is 0 Å². The molecule has 108 valence electrons. The van der Waals surface area contributed by atoms with E-state index in [0.29, 0.717) is 5.92 Å². The Balaban J connectivity index is 2.22. The molecule has 2 nitrogen and oxygen atoms in total. The second-order valence-electron chi connectivity index (χ2n) is 5.12. The first-order valence-corrected chi connectivity index (χ1v) is 8.23. The Labute approximate surface area is 130 Å². The van der Waals surface area contributed by atoms with Crippen molar-refractivity contribution in [1.29, 1.82) is 0 Å². The largest absolute Gasteiger partial charge is 0.312 e. The number of benzene rings is 1. The van der Waals surface area contributed by atoms with Gasteiger partial charge in [0.2, 0.25) is 0 Å². The summed E-state index contributed by atoms with van der Waals surface area (Å²) in [7, 11) is 0. The van der Waals surface area contributed by atoms with Crippen LogP contribution in [0.1, 0.15) is 47.8 Å². The molecule has 20 heavy (non-hydrogen) atoms. The Hall–Kier alpha value is -0.900. The van der Waals surface area contributed by atoms with Crippen LogP contribution in [0.15, 0.2) is 24.3 Å². The molecule has 0 aliphatic carbocycles. The predicted octanol–water partition coefficient (Wildman–Crippen LogP) is 4.62. The molecule has 0 unspecified atom stereocenters. The summed E-state index contributed by atoms with van der Waals surface area (Å²) in [5, 5.41) is 5.36. The molecule has 1 aromatic heterocycles. The molecule has 0 atom stereocenters. The fourth-order valence-corrected chi connectivity index (χ4v) is 3.53. The van der Waals surface area contributed by atoms with E-state index in [2.05, 4.69) is 32.2 Å². The van der Waals surface area contributed by atoms with Crippen molar-refractivity contribution in [2.24, 2.45) is 0 Å². The maximum atomic E-state index is 6.23. The first-order valence-electron chi connectivity index (χ1n) is 7.04. The van der Waals surface area contributed by atoms with E-state index in [1.165, 1.54) is 10.6 Å². The van der Waals surface area contributed by atoms with Gasteiger partial charge in [0.15, 0.2) is 0 Å². The average molecular weight is 309 g/mol. The number of nitrogens with zero attached hydrogens (tertiary/aromatic N) is 1. The SMILES string of the molecule is CCNCc1sc(Cc2ccccc2Cl)nc1C(C)C. The lowest BCUT2D eigenvalue weighted by Gasteiger charge is -2.04. The minimum absolute atomic E-state index is 0.458. The van der Waals surface area contributed by atoms with Gasteiger partial charge in [0, 0.05) is 22.9 Å². The van der Waals surface area contributed by atoms with Gasteiger partial charge in [-0.05, 0) is 24.1 Å². The van der Waals surface area contributed by atoms with Crippen LogP contribution >= 0.6 is 22.9 Å². The fourth-order valence-electron chi connectivity index (χ4n) is 2.11. The molecule has 0 aliphatic rings. The van der Waals surface area contributed by atoms with E-state index in [0.717, 1.165) is 35.1 Å². The monoisotopic (exact) mass is 308 g/mol. The van der Waals surface area contributed by atoms with Crippen LogP contribution in [-0.2, 0) is 13.0 Å². The van der Waals surface area contributed by atoms with E-state index in [-0.39, 0.29) is 0 Å². The number of rotatable bonds is 6. The third-order valence-corrected chi connectivity index (χ3v) is 4.59. The highest BCUT2D eigenvalue weighted by Gasteiger charge is 2.14. The second kappa shape index (κ2) is 7.21. The van der Waals surface area contributed by atoms with Gasteiger partial charge in [0.1, 0.15) is 0 Å². The first-order chi connectivity index (χ1) is 9.61. The lowest BCUT2D eigenvalue weighted by molar-refractivity contribution is 0.713. The molecule has 0 aliphatic heterocycles. The van der Waals surface area contributed by atoms with Crippen molar-refractivity contribution in [3.63, 3.8) is 0 Å². The van der Waals surface area contributed by atoms with Gasteiger partial charge in [0.05, 0.1) is 10.7 Å². The molecule has 0 saturated carbocycles. The van der Waals surface area contributed by atoms with E-state index in [1.807, 2.05) is 18.2 Å². The lowest BCUT2D eigenvalue weighted by Crippen LogP contribution is -2.12. The summed E-state index contributed by atoms with van der Waals surface area (Å²) < 4.78 is 0. The molecule has 2 aromatic rings. The van der Waals surface area contributed by atoms with Crippen LogP contribution in [0.4, 0.5) is 0 Å². The van der Waals surface area contributed by atoms with Crippen molar-refractivity contribution in [1.82, 2.24) is 10.3 Å². The van der Waals surface area contributed by atoms with Crippen molar-refractivity contribution in [3.05, 3.63) is 50.4 Å². The summed E-state index contributed by atoms with van der Waals surface area (Å²) in [5.74, 6) is 0.458. The third-order valence-electron chi connectivity index (χ3n) is 3.15. The first kappa shape index (κ1) is 15.5. The molecule has 0 spiro atoms. The van der Waals surface area contributed by atoms with Gasteiger partial charge in [-0.25, -0.2) is 4.98 Å². The Morgan fingerprint density at radius 2 is 2.05 bits per heavy atom. The molecular weight excluding hydrogens is 288 g/mol. The Bertz CT molecular complexity index is 563. The maximum absolute atomic E-state index is 6.23. The van der Waals surface area contributed by atoms with E-state index in [9.17, 15) is 0 Å². The summed E-state index contributed by atoms with van der Waals surface area (Å²) >= 11 is 8.03. The molecule has 0 saturated heterocycles. The normalized spacial score (nSPS) is 11.2. The van der Waals surface area contributed by atoms with Gasteiger partial charge in [0.25, 0.3) is 0 Å². The number of hydrogen-bond donors (Lipinski definition) is 1. The highest BCUT2D eigenvalue weighted by molar-refractivity contribution is 7.11. The quantitative estimate of drug-likeness (QED) is 0.842. The minimum atomic E-state index is 0.458. The molecule has 1 N–H and O–H groups in total. The Morgan fingerprint density at radius 1 is 1.30 bits per heavy atom. The Kier molecular flexibility index (Phi) is 5.58. The van der Waals surface area contributed by atoms with Gasteiger partial charge in [-0.15, -0.1) is 11.3 Å². The number of hydrogen-bond acceptors (Lipinski definition) is 3. The molecule has 0 amide bonds. The fraction of sp³-hybridized carbons (Fsp3) is 0.438. The molecular formula is C16H21ClN2S. The standard InChI is InChI=1S/C16H21ClN2S/c1-4-18-10-14-16(11(2)3)19-15(20-14)9-12-7-5-6-8-13(12)17/h5-8,11,18H,4,9-10H2,1-3H3. The number of nitrogens with one attached hydrogen (secondary N) is 1. The molecule has 4 heteroatoms. The van der Waals surface area contributed by atoms with Crippen molar-refractivity contribution in [2.75, 3.05) is 6.54 Å². The number of thiazole rings is 1. The molecule has 2 rings (SSSR count). The summed E-state index contributed by atoms with van der Waals surface area (Å²) in [6.07, 6.45) is 0.816. The maximum Gasteiger partial charge on any atom is 0.0976 e. The lowest BCUT2D eigenvalue weighted by atomic mass is 10.1. The average Bonchev–Trinajstić information content (AvgIpc) is 2.82. The predicted molar refractivity (Wildman–Crippen MR) is 87.8 cm³/mol. The van der Waals surface area contributed by atoms with Gasteiger partial charge in [-0.3, -0.25) is 0 Å². The molecule has 1 heterocycles. The Morgan fingerprint density at radius 3 is 2.70 bits per heavy atom. The minimum Gasteiger partial charge on any atom is -0.312 e.